The molecular weight excluding hydrogens is 268 g/mol. The molecule has 3 N–H and O–H groups in total. The number of oxime groups is 1. The molecule has 0 radical (unpaired) electrons. The molecule has 5 nitrogen and oxygen atoms in total. The maximum absolute atomic E-state index is 8.86. The Kier molecular flexibility index (Phi) is 4.33. The van der Waals surface area contributed by atoms with Gasteiger partial charge in [-0.05, 0) is 49.2 Å². The van der Waals surface area contributed by atoms with Crippen LogP contribution in [0.5, 0.6) is 17.2 Å². The zero-order valence-corrected chi connectivity index (χ0v) is 12.3. The van der Waals surface area contributed by atoms with Crippen molar-refractivity contribution in [3.8, 4) is 17.2 Å². The summed E-state index contributed by atoms with van der Waals surface area (Å²) in [7, 11) is 1.57. The summed E-state index contributed by atoms with van der Waals surface area (Å²) in [6.07, 6.45) is 0. The molecule has 2 rings (SSSR count). The van der Waals surface area contributed by atoms with Crippen LogP contribution in [0.4, 0.5) is 0 Å². The second kappa shape index (κ2) is 6.17. The fraction of sp³-hybridized carbons (Fsp3) is 0.188. The van der Waals surface area contributed by atoms with Gasteiger partial charge >= 0.3 is 0 Å². The van der Waals surface area contributed by atoms with Crippen molar-refractivity contribution < 1.29 is 14.7 Å². The molecule has 0 amide bonds. The van der Waals surface area contributed by atoms with Gasteiger partial charge in [-0.2, -0.15) is 0 Å². The summed E-state index contributed by atoms with van der Waals surface area (Å²) < 4.78 is 11.0. The highest BCUT2D eigenvalue weighted by molar-refractivity contribution is 5.99. The summed E-state index contributed by atoms with van der Waals surface area (Å²) >= 11 is 0. The van der Waals surface area contributed by atoms with Crippen molar-refractivity contribution in [1.82, 2.24) is 0 Å². The van der Waals surface area contributed by atoms with Crippen molar-refractivity contribution in [2.24, 2.45) is 10.9 Å². The van der Waals surface area contributed by atoms with E-state index in [-0.39, 0.29) is 5.84 Å². The number of hydrogen-bond donors (Lipinski definition) is 2. The summed E-state index contributed by atoms with van der Waals surface area (Å²) in [6.45, 7) is 4.05. The molecule has 0 unspecified atom stereocenters. The van der Waals surface area contributed by atoms with Crippen LogP contribution in [0, 0.1) is 13.8 Å². The van der Waals surface area contributed by atoms with Crippen molar-refractivity contribution in [3.63, 3.8) is 0 Å². The van der Waals surface area contributed by atoms with Crippen LogP contribution in [0.3, 0.4) is 0 Å². The lowest BCUT2D eigenvalue weighted by atomic mass is 10.1. The molecule has 21 heavy (non-hydrogen) atoms. The third-order valence-corrected chi connectivity index (χ3v) is 3.28. The second-order valence-electron chi connectivity index (χ2n) is 4.70. The highest BCUT2D eigenvalue weighted by Gasteiger charge is 2.11. The fourth-order valence-corrected chi connectivity index (χ4v) is 1.88. The van der Waals surface area contributed by atoms with E-state index in [1.807, 2.05) is 32.0 Å². The Morgan fingerprint density at radius 2 is 1.76 bits per heavy atom. The van der Waals surface area contributed by atoms with E-state index >= 15 is 0 Å². The standard InChI is InChI=1S/C16H18N2O3/c1-10-4-5-13(8-11(10)2)21-15-9-12(20-3)6-7-14(15)16(17)18-19/h4-9,19H,1-3H3,(H2,17,18). The molecule has 0 saturated heterocycles. The monoisotopic (exact) mass is 286 g/mol. The summed E-state index contributed by atoms with van der Waals surface area (Å²) in [5, 5.41) is 11.9. The Hall–Kier alpha value is -2.69. The molecule has 0 aliphatic carbocycles. The largest absolute Gasteiger partial charge is 0.497 e. The van der Waals surface area contributed by atoms with Crippen molar-refractivity contribution in [1.29, 1.82) is 0 Å². The van der Waals surface area contributed by atoms with Crippen LogP contribution in [0.25, 0.3) is 0 Å². The molecule has 0 heterocycles. The summed E-state index contributed by atoms with van der Waals surface area (Å²) in [5.41, 5.74) is 8.48. The van der Waals surface area contributed by atoms with Gasteiger partial charge in [-0.1, -0.05) is 11.2 Å². The van der Waals surface area contributed by atoms with Crippen molar-refractivity contribution >= 4 is 5.84 Å². The van der Waals surface area contributed by atoms with E-state index in [1.54, 1.807) is 25.3 Å². The quantitative estimate of drug-likeness (QED) is 0.391. The van der Waals surface area contributed by atoms with Crippen molar-refractivity contribution in [3.05, 3.63) is 53.1 Å². The van der Waals surface area contributed by atoms with Gasteiger partial charge in [-0.3, -0.25) is 0 Å². The predicted octanol–water partition coefficient (Wildman–Crippen LogP) is 3.20. The third kappa shape index (κ3) is 3.25. The molecule has 0 fully saturated rings. The van der Waals surface area contributed by atoms with Gasteiger partial charge in [0.1, 0.15) is 17.2 Å². The first-order valence-corrected chi connectivity index (χ1v) is 6.46. The molecule has 0 aromatic heterocycles. The first-order valence-electron chi connectivity index (χ1n) is 6.46. The average Bonchev–Trinajstić information content (AvgIpc) is 2.50. The van der Waals surface area contributed by atoms with Crippen LogP contribution in [0.1, 0.15) is 16.7 Å². The Labute approximate surface area is 123 Å². The van der Waals surface area contributed by atoms with Gasteiger partial charge in [0.2, 0.25) is 0 Å². The number of hydrogen-bond acceptors (Lipinski definition) is 4. The van der Waals surface area contributed by atoms with Gasteiger partial charge in [0.25, 0.3) is 0 Å². The number of aryl methyl sites for hydroxylation is 2. The maximum atomic E-state index is 8.86. The molecule has 0 bridgehead atoms. The third-order valence-electron chi connectivity index (χ3n) is 3.28. The molecule has 0 atom stereocenters. The number of amidine groups is 1. The first-order chi connectivity index (χ1) is 10.0. The number of rotatable bonds is 4. The van der Waals surface area contributed by atoms with Crippen LogP contribution in [0.15, 0.2) is 41.6 Å². The number of ether oxygens (including phenoxy) is 2. The van der Waals surface area contributed by atoms with E-state index in [0.717, 1.165) is 5.56 Å². The van der Waals surface area contributed by atoms with Crippen LogP contribution >= 0.6 is 0 Å². The van der Waals surface area contributed by atoms with Crippen molar-refractivity contribution in [2.75, 3.05) is 7.11 Å². The summed E-state index contributed by atoms with van der Waals surface area (Å²) in [6, 6.07) is 10.9. The van der Waals surface area contributed by atoms with Gasteiger partial charge in [0, 0.05) is 6.07 Å². The van der Waals surface area contributed by atoms with Crippen LogP contribution in [-0.2, 0) is 0 Å². The van der Waals surface area contributed by atoms with Crippen molar-refractivity contribution in [2.45, 2.75) is 13.8 Å². The van der Waals surface area contributed by atoms with E-state index in [1.165, 1.54) is 5.56 Å². The van der Waals surface area contributed by atoms with Crippen LogP contribution in [-0.4, -0.2) is 18.2 Å². The Morgan fingerprint density at radius 1 is 1.05 bits per heavy atom. The molecule has 2 aromatic rings. The molecule has 0 aliphatic heterocycles. The number of nitrogens with zero attached hydrogens (tertiary/aromatic N) is 1. The minimum absolute atomic E-state index is 0.0171. The van der Waals surface area contributed by atoms with Gasteiger partial charge < -0.3 is 20.4 Å². The molecule has 5 heteroatoms. The molecule has 2 aromatic carbocycles. The van der Waals surface area contributed by atoms with E-state index < -0.39 is 0 Å². The number of benzene rings is 2. The fourth-order valence-electron chi connectivity index (χ4n) is 1.88. The molecular formula is C16H18N2O3. The second-order valence-corrected chi connectivity index (χ2v) is 4.70. The lowest BCUT2D eigenvalue weighted by molar-refractivity contribution is 0.318. The highest BCUT2D eigenvalue weighted by Crippen LogP contribution is 2.30. The van der Waals surface area contributed by atoms with Gasteiger partial charge in [-0.25, -0.2) is 0 Å². The lowest BCUT2D eigenvalue weighted by Crippen LogP contribution is -2.14. The average molecular weight is 286 g/mol. The number of nitrogens with two attached hydrogens (primary N) is 1. The Morgan fingerprint density at radius 3 is 2.38 bits per heavy atom. The number of methoxy groups -OCH3 is 1. The van der Waals surface area contributed by atoms with Crippen LogP contribution in [0.2, 0.25) is 0 Å². The minimum Gasteiger partial charge on any atom is -0.497 e. The zero-order chi connectivity index (χ0) is 15.4. The molecule has 110 valence electrons. The molecule has 0 aliphatic rings. The Bertz CT molecular complexity index is 681. The SMILES string of the molecule is COc1ccc(/C(N)=N/O)c(Oc2ccc(C)c(C)c2)c1. The van der Waals surface area contributed by atoms with E-state index in [0.29, 0.717) is 22.8 Å². The minimum atomic E-state index is -0.0171. The molecule has 0 spiro atoms. The lowest BCUT2D eigenvalue weighted by Gasteiger charge is -2.13. The van der Waals surface area contributed by atoms with Gasteiger partial charge in [0.15, 0.2) is 5.84 Å². The summed E-state index contributed by atoms with van der Waals surface area (Å²) in [4.78, 5) is 0. The highest BCUT2D eigenvalue weighted by atomic mass is 16.5. The van der Waals surface area contributed by atoms with E-state index in [9.17, 15) is 0 Å². The topological polar surface area (TPSA) is 77.1 Å². The predicted molar refractivity (Wildman–Crippen MR) is 81.5 cm³/mol. The first kappa shape index (κ1) is 14.7. The Balaban J connectivity index is 2.43. The summed E-state index contributed by atoms with van der Waals surface area (Å²) in [5.74, 6) is 1.76. The molecule has 0 saturated carbocycles. The van der Waals surface area contributed by atoms with Crippen LogP contribution < -0.4 is 15.2 Å². The normalized spacial score (nSPS) is 11.3. The smallest absolute Gasteiger partial charge is 0.173 e. The maximum Gasteiger partial charge on any atom is 0.173 e. The van der Waals surface area contributed by atoms with Gasteiger partial charge in [-0.15, -0.1) is 0 Å². The van der Waals surface area contributed by atoms with E-state index in [4.69, 9.17) is 20.4 Å². The van der Waals surface area contributed by atoms with E-state index in [2.05, 4.69) is 5.16 Å². The zero-order valence-electron chi connectivity index (χ0n) is 12.3. The van der Waals surface area contributed by atoms with Gasteiger partial charge in [0.05, 0.1) is 12.7 Å².